The molecule has 40 heavy (non-hydrogen) atoms. The number of nitriles is 1. The molecule has 0 aliphatic heterocycles. The van der Waals surface area contributed by atoms with Crippen LogP contribution in [0.4, 0.5) is 4.39 Å². The summed E-state index contributed by atoms with van der Waals surface area (Å²) in [7, 11) is 1.62. The molecule has 3 aliphatic rings. The summed E-state index contributed by atoms with van der Waals surface area (Å²) in [5, 5.41) is 30.1. The van der Waals surface area contributed by atoms with E-state index in [1.54, 1.807) is 37.4 Å². The van der Waals surface area contributed by atoms with E-state index >= 15 is 4.39 Å². The van der Waals surface area contributed by atoms with E-state index in [0.29, 0.717) is 37.2 Å². The molecule has 0 saturated heterocycles. The highest BCUT2D eigenvalue weighted by molar-refractivity contribution is 5.94. The van der Waals surface area contributed by atoms with Crippen molar-refractivity contribution in [3.63, 3.8) is 0 Å². The van der Waals surface area contributed by atoms with Crippen LogP contribution in [0.3, 0.4) is 0 Å². The summed E-state index contributed by atoms with van der Waals surface area (Å²) in [6.45, 7) is 3.60. The maximum atomic E-state index is 16.0. The van der Waals surface area contributed by atoms with Gasteiger partial charge in [-0.15, -0.1) is 0 Å². The second-order valence-corrected chi connectivity index (χ2v) is 12.3. The fourth-order valence-electron chi connectivity index (χ4n) is 8.13. The summed E-state index contributed by atoms with van der Waals surface area (Å²) >= 11 is 0. The highest BCUT2D eigenvalue weighted by Crippen LogP contribution is 2.63. The molecule has 7 atom stereocenters. The van der Waals surface area contributed by atoms with E-state index in [0.717, 1.165) is 49.7 Å². The van der Waals surface area contributed by atoms with E-state index in [1.165, 1.54) is 0 Å². The Kier molecular flexibility index (Phi) is 8.49. The maximum absolute atomic E-state index is 16.0. The van der Waals surface area contributed by atoms with Crippen molar-refractivity contribution < 1.29 is 24.1 Å². The zero-order chi connectivity index (χ0) is 28.4. The monoisotopic (exact) mass is 548 g/mol. The molecule has 2 saturated carbocycles. The van der Waals surface area contributed by atoms with Crippen LogP contribution in [0.2, 0.25) is 0 Å². The minimum absolute atomic E-state index is 0.0769. The number of fused-ring (bicyclic) bond motifs is 5. The first-order valence-corrected chi connectivity index (χ1v) is 14.7. The quantitative estimate of drug-likeness (QED) is 0.397. The second kappa shape index (κ2) is 11.9. The first-order valence-electron chi connectivity index (χ1n) is 14.7. The molecule has 2 fully saturated rings. The number of unbranched alkanes of at least 4 members (excludes halogenated alkanes) is 1. The van der Waals surface area contributed by atoms with E-state index in [9.17, 15) is 15.0 Å². The van der Waals surface area contributed by atoms with E-state index in [-0.39, 0.29) is 35.3 Å². The smallest absolute Gasteiger partial charge is 0.253 e. The Labute approximate surface area is 236 Å². The van der Waals surface area contributed by atoms with Crippen LogP contribution in [-0.2, 0) is 11.2 Å². The number of phenolic OH excluding ortho intramolecular Hbond substituents is 1. The number of rotatable bonds is 9. The molecule has 0 spiro atoms. The highest BCUT2D eigenvalue weighted by Gasteiger charge is 2.59. The third-order valence-corrected chi connectivity index (χ3v) is 10.1. The van der Waals surface area contributed by atoms with Gasteiger partial charge in [0.25, 0.3) is 5.91 Å². The predicted molar refractivity (Wildman–Crippen MR) is 151 cm³/mol. The zero-order valence-corrected chi connectivity index (χ0v) is 23.6. The van der Waals surface area contributed by atoms with Gasteiger partial charge >= 0.3 is 0 Å². The Morgan fingerprint density at radius 1 is 1.18 bits per heavy atom. The third-order valence-electron chi connectivity index (χ3n) is 10.1. The molecular weight excluding hydrogens is 507 g/mol. The Balaban J connectivity index is 1.30. The molecular formula is C33H41FN2O4. The van der Waals surface area contributed by atoms with Crippen molar-refractivity contribution in [3.05, 3.63) is 64.7 Å². The molecule has 7 heteroatoms. The minimum atomic E-state index is -1.01. The molecule has 1 amide bonds. The average Bonchev–Trinajstić information content (AvgIpc) is 3.25. The van der Waals surface area contributed by atoms with Gasteiger partial charge in [-0.1, -0.05) is 19.4 Å². The minimum Gasteiger partial charge on any atom is -0.508 e. The van der Waals surface area contributed by atoms with Crippen molar-refractivity contribution in [3.8, 4) is 11.8 Å². The van der Waals surface area contributed by atoms with E-state index < -0.39 is 17.7 Å². The molecule has 0 bridgehead atoms. The van der Waals surface area contributed by atoms with Crippen LogP contribution in [0.15, 0.2) is 42.5 Å². The summed E-state index contributed by atoms with van der Waals surface area (Å²) in [5.74, 6) is 0.642. The SMILES string of the molecule is COCCN(CCCC[C@@H]1Cc2cc(O)ccc2C2C1C1CC[C@H](O)[C@@]1(C)C[C@@H]2F)C(=O)c1ccc(C#N)cc1. The predicted octanol–water partition coefficient (Wildman–Crippen LogP) is 5.61. The molecule has 2 N–H and O–H groups in total. The third kappa shape index (κ3) is 5.36. The van der Waals surface area contributed by atoms with Crippen molar-refractivity contribution >= 4 is 5.91 Å². The number of alkyl halides is 1. The number of hydrogen-bond donors (Lipinski definition) is 2. The summed E-state index contributed by atoms with van der Waals surface area (Å²) in [4.78, 5) is 15.0. The molecule has 6 nitrogen and oxygen atoms in total. The van der Waals surface area contributed by atoms with Crippen molar-refractivity contribution in [2.45, 2.75) is 70.1 Å². The van der Waals surface area contributed by atoms with Gasteiger partial charge in [-0.2, -0.15) is 5.26 Å². The van der Waals surface area contributed by atoms with Crippen LogP contribution in [0, 0.1) is 34.5 Å². The van der Waals surface area contributed by atoms with E-state index in [2.05, 4.69) is 13.0 Å². The molecule has 3 aliphatic carbocycles. The summed E-state index contributed by atoms with van der Waals surface area (Å²) in [6, 6.07) is 14.2. The molecule has 0 aromatic heterocycles. The maximum Gasteiger partial charge on any atom is 0.253 e. The zero-order valence-electron chi connectivity index (χ0n) is 23.6. The summed E-state index contributed by atoms with van der Waals surface area (Å²) < 4.78 is 21.2. The molecule has 214 valence electrons. The van der Waals surface area contributed by atoms with Crippen molar-refractivity contribution in [2.75, 3.05) is 26.8 Å². The van der Waals surface area contributed by atoms with Gasteiger partial charge in [-0.25, -0.2) is 4.39 Å². The number of benzene rings is 2. The number of phenols is 1. The molecule has 0 heterocycles. The lowest BCUT2D eigenvalue weighted by atomic mass is 9.51. The topological polar surface area (TPSA) is 93.8 Å². The number of carbonyl (C=O) groups excluding carboxylic acids is 1. The number of amides is 1. The van der Waals surface area contributed by atoms with Gasteiger partial charge in [0.2, 0.25) is 0 Å². The van der Waals surface area contributed by atoms with Crippen LogP contribution in [-0.4, -0.2) is 60.1 Å². The van der Waals surface area contributed by atoms with E-state index in [4.69, 9.17) is 10.00 Å². The number of hydrogen-bond acceptors (Lipinski definition) is 5. The number of ether oxygens (including phenoxy) is 1. The molecule has 0 radical (unpaired) electrons. The Hall–Kier alpha value is -2.95. The Bertz CT molecular complexity index is 1240. The molecule has 3 unspecified atom stereocenters. The van der Waals surface area contributed by atoms with Gasteiger partial charge in [0, 0.05) is 31.7 Å². The lowest BCUT2D eigenvalue weighted by Crippen LogP contribution is -2.51. The van der Waals surface area contributed by atoms with Crippen molar-refractivity contribution in [1.29, 1.82) is 5.26 Å². The number of aliphatic hydroxyl groups excluding tert-OH is 1. The van der Waals surface area contributed by atoms with Crippen LogP contribution >= 0.6 is 0 Å². The van der Waals surface area contributed by atoms with Crippen LogP contribution in [0.25, 0.3) is 0 Å². The first kappa shape index (κ1) is 28.6. The van der Waals surface area contributed by atoms with Gasteiger partial charge in [0.05, 0.1) is 24.3 Å². The first-order chi connectivity index (χ1) is 19.3. The van der Waals surface area contributed by atoms with E-state index in [1.807, 2.05) is 17.0 Å². The molecule has 5 rings (SSSR count). The summed E-state index contributed by atoms with van der Waals surface area (Å²) in [5.41, 5.74) is 2.77. The normalized spacial score (nSPS) is 30.6. The molecule has 2 aromatic carbocycles. The highest BCUT2D eigenvalue weighted by atomic mass is 19.1. The number of aliphatic hydroxyl groups is 1. The fourth-order valence-corrected chi connectivity index (χ4v) is 8.13. The average molecular weight is 549 g/mol. The van der Waals surface area contributed by atoms with Crippen LogP contribution in [0.1, 0.15) is 78.4 Å². The lowest BCUT2D eigenvalue weighted by Gasteiger charge is -2.54. The Morgan fingerprint density at radius 2 is 1.95 bits per heavy atom. The van der Waals surface area contributed by atoms with Gasteiger partial charge in [0.1, 0.15) is 11.9 Å². The van der Waals surface area contributed by atoms with Gasteiger partial charge in [0.15, 0.2) is 0 Å². The number of aromatic hydroxyl groups is 1. The standard InChI is InChI=1S/C33H41FN2O4/c1-33-19-28(34)31-26-11-10-25(37)18-24(26)17-23(30(31)27(33)12-13-29(33)38)5-3-4-14-36(15-16-40-2)32(39)22-8-6-21(20-35)7-9-22/h6-11,18,23,27-31,37-38H,3-5,12-17,19H2,1-2H3/t23-,27?,28+,29+,30?,31?,33+/m1/s1. The van der Waals surface area contributed by atoms with Crippen molar-refractivity contribution in [1.82, 2.24) is 4.90 Å². The summed E-state index contributed by atoms with van der Waals surface area (Å²) in [6.07, 6.45) is 4.01. The number of nitrogens with zero attached hydrogens (tertiary/aromatic N) is 2. The second-order valence-electron chi connectivity index (χ2n) is 12.3. The van der Waals surface area contributed by atoms with Crippen LogP contribution in [0.5, 0.6) is 5.75 Å². The largest absolute Gasteiger partial charge is 0.508 e. The van der Waals surface area contributed by atoms with Crippen LogP contribution < -0.4 is 0 Å². The number of carbonyl (C=O) groups is 1. The molecule has 2 aromatic rings. The Morgan fingerprint density at radius 3 is 2.67 bits per heavy atom. The van der Waals surface area contributed by atoms with Crippen molar-refractivity contribution in [2.24, 2.45) is 23.2 Å². The number of methoxy groups -OCH3 is 1. The van der Waals surface area contributed by atoms with Gasteiger partial charge in [-0.05, 0) is 109 Å². The fraction of sp³-hybridized carbons (Fsp3) is 0.576. The lowest BCUT2D eigenvalue weighted by molar-refractivity contribution is -0.0722. The van der Waals surface area contributed by atoms with Gasteiger partial charge < -0.3 is 19.8 Å². The van der Waals surface area contributed by atoms with Gasteiger partial charge in [-0.3, -0.25) is 4.79 Å². The number of halogens is 1.